The second-order valence-corrected chi connectivity index (χ2v) is 6.02. The highest BCUT2D eigenvalue weighted by Gasteiger charge is 2.25. The Hall–Kier alpha value is -1.79. The molecular weight excluding hydrogens is 328 g/mol. The lowest BCUT2D eigenvalue weighted by Crippen LogP contribution is -2.49. The van der Waals surface area contributed by atoms with Crippen molar-refractivity contribution in [1.29, 1.82) is 0 Å². The molecule has 2 rings (SSSR count). The Kier molecular flexibility index (Phi) is 8.57. The SMILES string of the molecule is CNCC(C)C(=O)NC1CCN(C(=O)Nc2ccccc2)CC1.Cl. The summed E-state index contributed by atoms with van der Waals surface area (Å²) in [4.78, 5) is 26.0. The molecule has 1 atom stereocenters. The number of piperidine rings is 1. The molecule has 1 unspecified atom stereocenters. The van der Waals surface area contributed by atoms with Crippen LogP contribution in [0.15, 0.2) is 30.3 Å². The molecule has 0 radical (unpaired) electrons. The maximum absolute atomic E-state index is 12.2. The second-order valence-electron chi connectivity index (χ2n) is 6.02. The van der Waals surface area contributed by atoms with Crippen LogP contribution in [0.3, 0.4) is 0 Å². The van der Waals surface area contributed by atoms with Gasteiger partial charge in [0.15, 0.2) is 0 Å². The normalized spacial score (nSPS) is 16.0. The van der Waals surface area contributed by atoms with Crippen molar-refractivity contribution in [2.45, 2.75) is 25.8 Å². The molecule has 1 aliphatic heterocycles. The molecule has 0 bridgehead atoms. The number of benzene rings is 1. The van der Waals surface area contributed by atoms with Crippen LogP contribution in [0.4, 0.5) is 10.5 Å². The summed E-state index contributed by atoms with van der Waals surface area (Å²) < 4.78 is 0. The molecule has 1 aromatic carbocycles. The van der Waals surface area contributed by atoms with Gasteiger partial charge >= 0.3 is 6.03 Å². The summed E-state index contributed by atoms with van der Waals surface area (Å²) in [6.07, 6.45) is 1.58. The molecule has 3 amide bonds. The largest absolute Gasteiger partial charge is 0.353 e. The molecule has 1 heterocycles. The van der Waals surface area contributed by atoms with Crippen LogP contribution in [0.2, 0.25) is 0 Å². The minimum Gasteiger partial charge on any atom is -0.353 e. The molecule has 0 aliphatic carbocycles. The van der Waals surface area contributed by atoms with E-state index in [-0.39, 0.29) is 36.3 Å². The van der Waals surface area contributed by atoms with Crippen molar-refractivity contribution in [3.05, 3.63) is 30.3 Å². The van der Waals surface area contributed by atoms with Gasteiger partial charge in [-0.2, -0.15) is 0 Å². The quantitative estimate of drug-likeness (QED) is 0.758. The third-order valence-electron chi connectivity index (χ3n) is 4.11. The molecule has 0 aromatic heterocycles. The van der Waals surface area contributed by atoms with Gasteiger partial charge in [0, 0.05) is 37.3 Å². The predicted octanol–water partition coefficient (Wildman–Crippen LogP) is 2.08. The molecule has 134 valence electrons. The number of hydrogen-bond donors (Lipinski definition) is 3. The number of nitrogens with one attached hydrogen (secondary N) is 3. The Bertz CT molecular complexity index is 519. The lowest BCUT2D eigenvalue weighted by molar-refractivity contribution is -0.125. The molecule has 1 fully saturated rings. The first-order chi connectivity index (χ1) is 11.1. The van der Waals surface area contributed by atoms with Crippen LogP contribution in [0.1, 0.15) is 19.8 Å². The number of para-hydroxylation sites is 1. The lowest BCUT2D eigenvalue weighted by Gasteiger charge is -2.32. The third kappa shape index (κ3) is 6.02. The Balaban J connectivity index is 0.00000288. The molecule has 3 N–H and O–H groups in total. The fourth-order valence-electron chi connectivity index (χ4n) is 2.69. The summed E-state index contributed by atoms with van der Waals surface area (Å²) in [7, 11) is 1.84. The van der Waals surface area contributed by atoms with Crippen LogP contribution in [-0.4, -0.2) is 49.6 Å². The van der Waals surface area contributed by atoms with E-state index in [0.29, 0.717) is 19.6 Å². The summed E-state index contributed by atoms with van der Waals surface area (Å²) in [6.45, 7) is 3.90. The minimum atomic E-state index is -0.0791. The first-order valence-corrected chi connectivity index (χ1v) is 8.16. The minimum absolute atomic E-state index is 0. The van der Waals surface area contributed by atoms with E-state index in [9.17, 15) is 9.59 Å². The number of halogens is 1. The maximum Gasteiger partial charge on any atom is 0.321 e. The van der Waals surface area contributed by atoms with Crippen molar-refractivity contribution in [3.63, 3.8) is 0 Å². The zero-order valence-corrected chi connectivity index (χ0v) is 15.1. The van der Waals surface area contributed by atoms with Crippen molar-refractivity contribution in [3.8, 4) is 0 Å². The Morgan fingerprint density at radius 1 is 1.21 bits per heavy atom. The van der Waals surface area contributed by atoms with E-state index < -0.39 is 0 Å². The highest BCUT2D eigenvalue weighted by Crippen LogP contribution is 2.13. The molecule has 0 saturated carbocycles. The maximum atomic E-state index is 12.2. The molecule has 24 heavy (non-hydrogen) atoms. The molecule has 6 nitrogen and oxygen atoms in total. The van der Waals surface area contributed by atoms with Gasteiger partial charge in [0.25, 0.3) is 0 Å². The highest BCUT2D eigenvalue weighted by atomic mass is 35.5. The van der Waals surface area contributed by atoms with Crippen LogP contribution in [0.25, 0.3) is 0 Å². The van der Waals surface area contributed by atoms with Gasteiger partial charge in [-0.05, 0) is 32.0 Å². The van der Waals surface area contributed by atoms with Gasteiger partial charge in [-0.1, -0.05) is 25.1 Å². The molecule has 1 saturated heterocycles. The van der Waals surface area contributed by atoms with Gasteiger partial charge in [-0.15, -0.1) is 12.4 Å². The lowest BCUT2D eigenvalue weighted by atomic mass is 10.0. The number of amides is 3. The van der Waals surface area contributed by atoms with Crippen molar-refractivity contribution in [2.75, 3.05) is 32.0 Å². The van der Waals surface area contributed by atoms with Crippen LogP contribution >= 0.6 is 12.4 Å². The van der Waals surface area contributed by atoms with Crippen LogP contribution in [0.5, 0.6) is 0 Å². The van der Waals surface area contributed by atoms with E-state index in [2.05, 4.69) is 16.0 Å². The first-order valence-electron chi connectivity index (χ1n) is 8.16. The van der Waals surface area contributed by atoms with Gasteiger partial charge in [-0.3, -0.25) is 4.79 Å². The zero-order valence-electron chi connectivity index (χ0n) is 14.2. The fourth-order valence-corrected chi connectivity index (χ4v) is 2.69. The zero-order chi connectivity index (χ0) is 16.7. The smallest absolute Gasteiger partial charge is 0.321 e. The number of likely N-dealkylation sites (tertiary alicyclic amines) is 1. The molecule has 7 heteroatoms. The second kappa shape index (κ2) is 10.2. The number of rotatable bonds is 5. The number of anilines is 1. The number of hydrogen-bond acceptors (Lipinski definition) is 3. The van der Waals surface area contributed by atoms with Crippen molar-refractivity contribution in [1.82, 2.24) is 15.5 Å². The fraction of sp³-hybridized carbons (Fsp3) is 0.529. The van der Waals surface area contributed by atoms with E-state index in [0.717, 1.165) is 18.5 Å². The molecular formula is C17H27ClN4O2. The predicted molar refractivity (Wildman–Crippen MR) is 98.5 cm³/mol. The Morgan fingerprint density at radius 3 is 2.42 bits per heavy atom. The molecule has 0 spiro atoms. The number of nitrogens with zero attached hydrogens (tertiary/aromatic N) is 1. The monoisotopic (exact) mass is 354 g/mol. The van der Waals surface area contributed by atoms with Gasteiger partial charge in [0.05, 0.1) is 0 Å². The van der Waals surface area contributed by atoms with Gasteiger partial charge in [-0.25, -0.2) is 4.79 Å². The standard InChI is InChI=1S/C17H26N4O2.ClH/c1-13(12-18-2)16(22)19-15-8-10-21(11-9-15)17(23)20-14-6-4-3-5-7-14;/h3-7,13,15,18H,8-12H2,1-2H3,(H,19,22)(H,20,23);1H. The van der Waals surface area contributed by atoms with Crippen molar-refractivity contribution >= 4 is 30.0 Å². The van der Waals surface area contributed by atoms with E-state index >= 15 is 0 Å². The van der Waals surface area contributed by atoms with E-state index in [1.54, 1.807) is 4.90 Å². The average molecular weight is 355 g/mol. The summed E-state index contributed by atoms with van der Waals surface area (Å²) in [5, 5.41) is 8.98. The van der Waals surface area contributed by atoms with Crippen LogP contribution in [-0.2, 0) is 4.79 Å². The Labute approximate surface area is 149 Å². The van der Waals surface area contributed by atoms with E-state index in [1.165, 1.54) is 0 Å². The summed E-state index contributed by atoms with van der Waals surface area (Å²) in [5.74, 6) is 0.0333. The molecule has 1 aliphatic rings. The van der Waals surface area contributed by atoms with E-state index in [4.69, 9.17) is 0 Å². The topological polar surface area (TPSA) is 73.5 Å². The number of carbonyl (C=O) groups excluding carboxylic acids is 2. The van der Waals surface area contributed by atoms with E-state index in [1.807, 2.05) is 44.3 Å². The molecule has 1 aromatic rings. The van der Waals surface area contributed by atoms with Crippen molar-refractivity contribution < 1.29 is 9.59 Å². The van der Waals surface area contributed by atoms with Crippen LogP contribution in [0, 0.1) is 5.92 Å². The third-order valence-corrected chi connectivity index (χ3v) is 4.11. The van der Waals surface area contributed by atoms with Gasteiger partial charge in [0.1, 0.15) is 0 Å². The number of carbonyl (C=O) groups is 2. The number of urea groups is 1. The average Bonchev–Trinajstić information content (AvgIpc) is 2.56. The summed E-state index contributed by atoms with van der Waals surface area (Å²) in [5.41, 5.74) is 0.800. The summed E-state index contributed by atoms with van der Waals surface area (Å²) in [6, 6.07) is 9.51. The highest BCUT2D eigenvalue weighted by molar-refractivity contribution is 5.89. The first kappa shape index (κ1) is 20.3. The summed E-state index contributed by atoms with van der Waals surface area (Å²) >= 11 is 0. The van der Waals surface area contributed by atoms with Gasteiger partial charge < -0.3 is 20.9 Å². The van der Waals surface area contributed by atoms with Gasteiger partial charge in [0.2, 0.25) is 5.91 Å². The Morgan fingerprint density at radius 2 is 1.83 bits per heavy atom. The van der Waals surface area contributed by atoms with Crippen molar-refractivity contribution in [2.24, 2.45) is 5.92 Å². The van der Waals surface area contributed by atoms with Crippen LogP contribution < -0.4 is 16.0 Å².